The standard InChI is InChI=1S/C11H18F3NO2/c1-3-7-15(8-4-2)10(17)9(16)5-6-11(12,13)14/h3-8H2,1-2H3. The van der Waals surface area contributed by atoms with E-state index in [9.17, 15) is 22.8 Å². The van der Waals surface area contributed by atoms with Gasteiger partial charge < -0.3 is 4.90 Å². The Kier molecular flexibility index (Phi) is 6.83. The van der Waals surface area contributed by atoms with Gasteiger partial charge in [-0.15, -0.1) is 0 Å². The number of alkyl halides is 3. The van der Waals surface area contributed by atoms with Crippen molar-refractivity contribution >= 4 is 11.7 Å². The van der Waals surface area contributed by atoms with Crippen molar-refractivity contribution in [3.8, 4) is 0 Å². The first kappa shape index (κ1) is 15.9. The lowest BCUT2D eigenvalue weighted by atomic mass is 10.2. The SMILES string of the molecule is CCCN(CCC)C(=O)C(=O)CCC(F)(F)F. The van der Waals surface area contributed by atoms with Crippen LogP contribution >= 0.6 is 0 Å². The van der Waals surface area contributed by atoms with Crippen LogP contribution in [0.3, 0.4) is 0 Å². The van der Waals surface area contributed by atoms with E-state index in [0.29, 0.717) is 25.9 Å². The molecule has 0 aromatic rings. The Labute approximate surface area is 99.0 Å². The predicted octanol–water partition coefficient (Wildman–Crippen LogP) is 2.55. The Morgan fingerprint density at radius 2 is 1.53 bits per heavy atom. The quantitative estimate of drug-likeness (QED) is 0.654. The molecule has 0 atom stereocenters. The van der Waals surface area contributed by atoms with Gasteiger partial charge in [-0.2, -0.15) is 13.2 Å². The fourth-order valence-corrected chi connectivity index (χ4v) is 1.39. The minimum absolute atomic E-state index is 0.407. The Hall–Kier alpha value is -1.07. The number of rotatable bonds is 7. The molecule has 0 saturated heterocycles. The summed E-state index contributed by atoms with van der Waals surface area (Å²) in [6.45, 7) is 4.50. The van der Waals surface area contributed by atoms with E-state index in [0.717, 1.165) is 0 Å². The fraction of sp³-hybridized carbons (Fsp3) is 0.818. The molecule has 100 valence electrons. The first-order valence-electron chi connectivity index (χ1n) is 5.70. The normalized spacial score (nSPS) is 11.4. The van der Waals surface area contributed by atoms with Gasteiger partial charge in [0.05, 0.1) is 6.42 Å². The van der Waals surface area contributed by atoms with E-state index in [-0.39, 0.29) is 0 Å². The maximum absolute atomic E-state index is 11.9. The molecule has 0 radical (unpaired) electrons. The van der Waals surface area contributed by atoms with Crippen LogP contribution in [0.2, 0.25) is 0 Å². The fourth-order valence-electron chi connectivity index (χ4n) is 1.39. The highest BCUT2D eigenvalue weighted by Gasteiger charge is 2.30. The van der Waals surface area contributed by atoms with Gasteiger partial charge in [0, 0.05) is 19.5 Å². The predicted molar refractivity (Wildman–Crippen MR) is 57.5 cm³/mol. The lowest BCUT2D eigenvalue weighted by Crippen LogP contribution is -2.38. The second-order valence-electron chi connectivity index (χ2n) is 3.83. The smallest absolute Gasteiger partial charge is 0.336 e. The maximum Gasteiger partial charge on any atom is 0.389 e. The molecule has 0 spiro atoms. The summed E-state index contributed by atoms with van der Waals surface area (Å²) < 4.78 is 35.7. The Bertz CT molecular complexity index is 258. The third-order valence-electron chi connectivity index (χ3n) is 2.15. The van der Waals surface area contributed by atoms with Crippen LogP contribution in [0, 0.1) is 0 Å². The van der Waals surface area contributed by atoms with Crippen molar-refractivity contribution in [1.29, 1.82) is 0 Å². The number of hydrogen-bond donors (Lipinski definition) is 0. The van der Waals surface area contributed by atoms with Crippen LogP contribution in [-0.4, -0.2) is 35.9 Å². The van der Waals surface area contributed by atoms with Crippen molar-refractivity contribution in [2.24, 2.45) is 0 Å². The largest absolute Gasteiger partial charge is 0.389 e. The first-order chi connectivity index (χ1) is 7.81. The summed E-state index contributed by atoms with van der Waals surface area (Å²) >= 11 is 0. The van der Waals surface area contributed by atoms with Crippen molar-refractivity contribution in [2.45, 2.75) is 45.7 Å². The van der Waals surface area contributed by atoms with Crippen LogP contribution in [0.5, 0.6) is 0 Å². The highest BCUT2D eigenvalue weighted by molar-refractivity contribution is 6.36. The molecule has 3 nitrogen and oxygen atoms in total. The number of nitrogens with zero attached hydrogens (tertiary/aromatic N) is 1. The van der Waals surface area contributed by atoms with Crippen LogP contribution < -0.4 is 0 Å². The number of ketones is 1. The van der Waals surface area contributed by atoms with Gasteiger partial charge in [0.15, 0.2) is 0 Å². The van der Waals surface area contributed by atoms with Gasteiger partial charge in [-0.3, -0.25) is 9.59 Å². The topological polar surface area (TPSA) is 37.4 Å². The van der Waals surface area contributed by atoms with Crippen molar-refractivity contribution < 1.29 is 22.8 Å². The molecule has 0 heterocycles. The van der Waals surface area contributed by atoms with E-state index < -0.39 is 30.7 Å². The van der Waals surface area contributed by atoms with Gasteiger partial charge in [-0.05, 0) is 12.8 Å². The summed E-state index contributed by atoms with van der Waals surface area (Å²) in [5, 5.41) is 0. The number of carbonyl (C=O) groups excluding carboxylic acids is 2. The molecule has 0 aromatic heterocycles. The second-order valence-corrected chi connectivity index (χ2v) is 3.83. The van der Waals surface area contributed by atoms with E-state index in [1.165, 1.54) is 4.90 Å². The summed E-state index contributed by atoms with van der Waals surface area (Å²) in [6, 6.07) is 0. The Morgan fingerprint density at radius 3 is 1.88 bits per heavy atom. The minimum Gasteiger partial charge on any atom is -0.336 e. The molecular formula is C11H18F3NO2. The average Bonchev–Trinajstić information content (AvgIpc) is 2.23. The summed E-state index contributed by atoms with van der Waals surface area (Å²) in [4.78, 5) is 24.2. The third-order valence-corrected chi connectivity index (χ3v) is 2.15. The molecule has 0 fully saturated rings. The van der Waals surface area contributed by atoms with E-state index in [1.807, 2.05) is 13.8 Å². The zero-order valence-corrected chi connectivity index (χ0v) is 10.1. The summed E-state index contributed by atoms with van der Waals surface area (Å²) in [5.74, 6) is -1.75. The van der Waals surface area contributed by atoms with E-state index >= 15 is 0 Å². The monoisotopic (exact) mass is 253 g/mol. The zero-order chi connectivity index (χ0) is 13.5. The lowest BCUT2D eigenvalue weighted by Gasteiger charge is -2.20. The highest BCUT2D eigenvalue weighted by atomic mass is 19.4. The van der Waals surface area contributed by atoms with Crippen molar-refractivity contribution in [2.75, 3.05) is 13.1 Å². The van der Waals surface area contributed by atoms with Gasteiger partial charge in [-0.1, -0.05) is 13.8 Å². The molecule has 0 aliphatic heterocycles. The number of amides is 1. The molecule has 6 heteroatoms. The van der Waals surface area contributed by atoms with E-state index in [1.54, 1.807) is 0 Å². The number of Topliss-reactive ketones (excluding diaryl/α,β-unsaturated/α-hetero) is 1. The van der Waals surface area contributed by atoms with Gasteiger partial charge in [-0.25, -0.2) is 0 Å². The molecule has 17 heavy (non-hydrogen) atoms. The molecule has 0 aromatic carbocycles. The molecule has 0 rings (SSSR count). The van der Waals surface area contributed by atoms with Gasteiger partial charge in [0.1, 0.15) is 0 Å². The van der Waals surface area contributed by atoms with Crippen LogP contribution in [0.1, 0.15) is 39.5 Å². The average molecular weight is 253 g/mol. The number of halogens is 3. The Balaban J connectivity index is 4.30. The van der Waals surface area contributed by atoms with Crippen LogP contribution in [0.15, 0.2) is 0 Å². The van der Waals surface area contributed by atoms with Crippen molar-refractivity contribution in [1.82, 2.24) is 4.90 Å². The molecule has 0 unspecified atom stereocenters. The Morgan fingerprint density at radius 1 is 1.06 bits per heavy atom. The van der Waals surface area contributed by atoms with Crippen molar-refractivity contribution in [3.63, 3.8) is 0 Å². The van der Waals surface area contributed by atoms with Gasteiger partial charge in [0.25, 0.3) is 5.91 Å². The number of hydrogen-bond acceptors (Lipinski definition) is 2. The molecule has 0 N–H and O–H groups in total. The molecule has 0 aliphatic carbocycles. The van der Waals surface area contributed by atoms with E-state index in [2.05, 4.69) is 0 Å². The molecule has 1 amide bonds. The molecule has 0 bridgehead atoms. The number of carbonyl (C=O) groups is 2. The van der Waals surface area contributed by atoms with Gasteiger partial charge in [0.2, 0.25) is 5.78 Å². The second kappa shape index (κ2) is 7.29. The van der Waals surface area contributed by atoms with Crippen molar-refractivity contribution in [3.05, 3.63) is 0 Å². The van der Waals surface area contributed by atoms with Crippen LogP contribution in [-0.2, 0) is 9.59 Å². The van der Waals surface area contributed by atoms with Crippen LogP contribution in [0.4, 0.5) is 13.2 Å². The summed E-state index contributed by atoms with van der Waals surface area (Å²) in [7, 11) is 0. The lowest BCUT2D eigenvalue weighted by molar-refractivity contribution is -0.151. The highest BCUT2D eigenvalue weighted by Crippen LogP contribution is 2.21. The van der Waals surface area contributed by atoms with E-state index in [4.69, 9.17) is 0 Å². The van der Waals surface area contributed by atoms with Crippen LogP contribution in [0.25, 0.3) is 0 Å². The minimum atomic E-state index is -4.39. The summed E-state index contributed by atoms with van der Waals surface area (Å²) in [6.07, 6.45) is -5.03. The molecule has 0 aliphatic rings. The summed E-state index contributed by atoms with van der Waals surface area (Å²) in [5.41, 5.74) is 0. The third kappa shape index (κ3) is 6.97. The molecular weight excluding hydrogens is 235 g/mol. The molecule has 0 saturated carbocycles. The van der Waals surface area contributed by atoms with Gasteiger partial charge >= 0.3 is 6.18 Å². The zero-order valence-electron chi connectivity index (χ0n) is 10.1. The first-order valence-corrected chi connectivity index (χ1v) is 5.70. The maximum atomic E-state index is 11.9.